The van der Waals surface area contributed by atoms with Gasteiger partial charge in [0.2, 0.25) is 5.95 Å². The normalized spacial score (nSPS) is 11.6. The highest BCUT2D eigenvalue weighted by atomic mass is 15.1. The first-order valence-corrected chi connectivity index (χ1v) is 9.73. The first kappa shape index (κ1) is 20.2. The molecule has 0 unspecified atom stereocenters. The number of benzene rings is 1. The lowest BCUT2D eigenvalue weighted by molar-refractivity contribution is 0.378. The number of nitrogens with two attached hydrogens (primary N) is 1. The van der Waals surface area contributed by atoms with Crippen LogP contribution in [-0.2, 0) is 12.8 Å². The van der Waals surface area contributed by atoms with E-state index < -0.39 is 0 Å². The third kappa shape index (κ3) is 6.32. The second-order valence-corrected chi connectivity index (χ2v) is 8.33. The molecule has 0 amide bonds. The monoisotopic (exact) mass is 354 g/mol. The van der Waals surface area contributed by atoms with Crippen LogP contribution in [0, 0.1) is 12.3 Å². The average molecular weight is 355 g/mol. The maximum atomic E-state index is 5.85. The number of unbranched alkanes of at least 4 members (excludes halogenated alkanes) is 1. The Morgan fingerprint density at radius 2 is 1.69 bits per heavy atom. The Bertz CT molecular complexity index is 699. The number of aromatic nitrogens is 2. The van der Waals surface area contributed by atoms with Crippen LogP contribution in [0.1, 0.15) is 69.3 Å². The van der Waals surface area contributed by atoms with Crippen LogP contribution in [-0.4, -0.2) is 16.5 Å². The first-order valence-electron chi connectivity index (χ1n) is 9.73. The summed E-state index contributed by atoms with van der Waals surface area (Å²) in [5.41, 5.74) is 11.0. The molecule has 0 aliphatic rings. The number of rotatable bonds is 8. The van der Waals surface area contributed by atoms with Gasteiger partial charge in [-0.1, -0.05) is 58.4 Å². The van der Waals surface area contributed by atoms with Gasteiger partial charge < -0.3 is 11.1 Å². The number of nitrogens with zero attached hydrogens (tertiary/aromatic N) is 2. The number of hydrogen-bond acceptors (Lipinski definition) is 4. The summed E-state index contributed by atoms with van der Waals surface area (Å²) in [5, 5.41) is 3.43. The fraction of sp³-hybridized carbons (Fsp3) is 0.545. The second-order valence-electron chi connectivity index (χ2n) is 8.33. The van der Waals surface area contributed by atoms with E-state index in [0.717, 1.165) is 49.3 Å². The van der Waals surface area contributed by atoms with Gasteiger partial charge in [0.25, 0.3) is 0 Å². The molecule has 2 rings (SSSR count). The Morgan fingerprint density at radius 1 is 1.04 bits per heavy atom. The van der Waals surface area contributed by atoms with E-state index in [1.54, 1.807) is 0 Å². The molecule has 2 aromatic rings. The third-order valence-electron chi connectivity index (χ3n) is 4.62. The predicted molar refractivity (Wildman–Crippen MR) is 112 cm³/mol. The minimum absolute atomic E-state index is 0.336. The Hall–Kier alpha value is -2.10. The van der Waals surface area contributed by atoms with Gasteiger partial charge >= 0.3 is 0 Å². The fourth-order valence-corrected chi connectivity index (χ4v) is 2.91. The second kappa shape index (κ2) is 9.02. The van der Waals surface area contributed by atoms with Crippen LogP contribution >= 0.6 is 0 Å². The van der Waals surface area contributed by atoms with E-state index >= 15 is 0 Å². The summed E-state index contributed by atoms with van der Waals surface area (Å²) in [6, 6.07) is 8.95. The Balaban J connectivity index is 2.12. The van der Waals surface area contributed by atoms with Crippen molar-refractivity contribution in [1.82, 2.24) is 9.97 Å². The molecule has 1 heterocycles. The number of nitrogens with one attached hydrogen (secondary N) is 1. The number of hydrogen-bond donors (Lipinski definition) is 2. The van der Waals surface area contributed by atoms with Crippen molar-refractivity contribution < 1.29 is 0 Å². The molecule has 0 aliphatic heterocycles. The molecule has 0 spiro atoms. The van der Waals surface area contributed by atoms with Crippen molar-refractivity contribution in [2.45, 2.75) is 66.7 Å². The molecule has 142 valence electrons. The molecule has 4 nitrogen and oxygen atoms in total. The maximum Gasteiger partial charge on any atom is 0.222 e. The molecule has 0 radical (unpaired) electrons. The van der Waals surface area contributed by atoms with Crippen LogP contribution in [0.25, 0.3) is 0 Å². The van der Waals surface area contributed by atoms with Crippen molar-refractivity contribution in [1.29, 1.82) is 0 Å². The summed E-state index contributed by atoms with van der Waals surface area (Å²) in [4.78, 5) is 8.79. The lowest BCUT2D eigenvalue weighted by Crippen LogP contribution is -2.11. The standard InChI is InChI=1S/C22H34N4/c1-6-7-14-24-20-19(16(2)25-21(23)26-20)15-18-10-8-17(9-11-18)12-13-22(3,4)5/h8-11H,6-7,12-15H2,1-5H3,(H3,23,24,25,26). The topological polar surface area (TPSA) is 63.8 Å². The summed E-state index contributed by atoms with van der Waals surface area (Å²) in [6.45, 7) is 12.0. The van der Waals surface area contributed by atoms with Crippen LogP contribution in [0.5, 0.6) is 0 Å². The summed E-state index contributed by atoms with van der Waals surface area (Å²) >= 11 is 0. The molecular weight excluding hydrogens is 320 g/mol. The molecule has 0 saturated carbocycles. The van der Waals surface area contributed by atoms with Crippen molar-refractivity contribution in [2.75, 3.05) is 17.6 Å². The van der Waals surface area contributed by atoms with E-state index in [2.05, 4.69) is 67.2 Å². The fourth-order valence-electron chi connectivity index (χ4n) is 2.91. The van der Waals surface area contributed by atoms with Gasteiger partial charge in [-0.15, -0.1) is 0 Å². The van der Waals surface area contributed by atoms with Crippen molar-refractivity contribution in [2.24, 2.45) is 5.41 Å². The largest absolute Gasteiger partial charge is 0.370 e. The van der Waals surface area contributed by atoms with Gasteiger partial charge in [0.1, 0.15) is 5.82 Å². The molecule has 0 saturated heterocycles. The van der Waals surface area contributed by atoms with Gasteiger partial charge in [-0.25, -0.2) is 4.98 Å². The molecule has 4 heteroatoms. The number of nitrogen functional groups attached to an aromatic ring is 1. The van der Waals surface area contributed by atoms with E-state index in [1.807, 2.05) is 6.92 Å². The number of aryl methyl sites for hydroxylation is 2. The van der Waals surface area contributed by atoms with E-state index in [4.69, 9.17) is 5.73 Å². The van der Waals surface area contributed by atoms with Crippen molar-refractivity contribution >= 4 is 11.8 Å². The molecular formula is C22H34N4. The van der Waals surface area contributed by atoms with Crippen molar-refractivity contribution in [3.63, 3.8) is 0 Å². The molecule has 1 aromatic heterocycles. The summed E-state index contributed by atoms with van der Waals surface area (Å²) in [6.07, 6.45) is 5.41. The molecule has 0 bridgehead atoms. The Morgan fingerprint density at radius 3 is 2.31 bits per heavy atom. The van der Waals surface area contributed by atoms with Gasteiger partial charge in [0.15, 0.2) is 0 Å². The Kier molecular flexibility index (Phi) is 7.01. The van der Waals surface area contributed by atoms with E-state index in [-0.39, 0.29) is 0 Å². The minimum Gasteiger partial charge on any atom is -0.370 e. The zero-order valence-corrected chi connectivity index (χ0v) is 17.0. The summed E-state index contributed by atoms with van der Waals surface area (Å²) in [7, 11) is 0. The van der Waals surface area contributed by atoms with Crippen LogP contribution < -0.4 is 11.1 Å². The summed E-state index contributed by atoms with van der Waals surface area (Å²) < 4.78 is 0. The van der Waals surface area contributed by atoms with E-state index in [0.29, 0.717) is 11.4 Å². The van der Waals surface area contributed by atoms with E-state index in [9.17, 15) is 0 Å². The number of anilines is 2. The van der Waals surface area contributed by atoms with Crippen molar-refractivity contribution in [3.8, 4) is 0 Å². The predicted octanol–water partition coefficient (Wildman–Crippen LogP) is 5.15. The van der Waals surface area contributed by atoms with Crippen molar-refractivity contribution in [3.05, 3.63) is 46.6 Å². The lowest BCUT2D eigenvalue weighted by atomic mass is 9.88. The molecule has 0 atom stereocenters. The molecule has 0 aliphatic carbocycles. The van der Waals surface area contributed by atoms with E-state index in [1.165, 1.54) is 17.5 Å². The SMILES string of the molecule is CCCCNc1nc(N)nc(C)c1Cc1ccc(CCC(C)(C)C)cc1. The lowest BCUT2D eigenvalue weighted by Gasteiger charge is -2.18. The van der Waals surface area contributed by atoms with Crippen LogP contribution in [0.3, 0.4) is 0 Å². The van der Waals surface area contributed by atoms with Gasteiger partial charge in [-0.2, -0.15) is 4.98 Å². The zero-order valence-electron chi connectivity index (χ0n) is 17.0. The highest BCUT2D eigenvalue weighted by Crippen LogP contribution is 2.24. The zero-order chi connectivity index (χ0) is 19.2. The molecule has 0 fully saturated rings. The molecule has 3 N–H and O–H groups in total. The quantitative estimate of drug-likeness (QED) is 0.644. The van der Waals surface area contributed by atoms with Gasteiger partial charge in [0, 0.05) is 24.2 Å². The molecule has 1 aromatic carbocycles. The first-order chi connectivity index (χ1) is 12.3. The van der Waals surface area contributed by atoms with Crippen LogP contribution in [0.15, 0.2) is 24.3 Å². The highest BCUT2D eigenvalue weighted by molar-refractivity contribution is 5.51. The Labute approximate surface area is 158 Å². The highest BCUT2D eigenvalue weighted by Gasteiger charge is 2.12. The van der Waals surface area contributed by atoms with Gasteiger partial charge in [-0.3, -0.25) is 0 Å². The summed E-state index contributed by atoms with van der Waals surface area (Å²) in [5.74, 6) is 1.21. The van der Waals surface area contributed by atoms with Gasteiger partial charge in [0.05, 0.1) is 0 Å². The minimum atomic E-state index is 0.336. The van der Waals surface area contributed by atoms with Crippen LogP contribution in [0.2, 0.25) is 0 Å². The van der Waals surface area contributed by atoms with Crippen LogP contribution in [0.4, 0.5) is 11.8 Å². The molecule has 26 heavy (non-hydrogen) atoms. The van der Waals surface area contributed by atoms with Gasteiger partial charge in [-0.05, 0) is 42.7 Å². The maximum absolute atomic E-state index is 5.85. The average Bonchev–Trinajstić information content (AvgIpc) is 2.56. The smallest absolute Gasteiger partial charge is 0.222 e. The third-order valence-corrected chi connectivity index (χ3v) is 4.62.